The van der Waals surface area contributed by atoms with Crippen LogP contribution in [0, 0.1) is 0 Å². The van der Waals surface area contributed by atoms with Gasteiger partial charge in [0.15, 0.2) is 0 Å². The van der Waals surface area contributed by atoms with Crippen LogP contribution in [0.3, 0.4) is 0 Å². The highest BCUT2D eigenvalue weighted by atomic mass is 35.5. The number of benzene rings is 2. The average molecular weight is 449 g/mol. The number of ether oxygens (including phenoxy) is 1. The summed E-state index contributed by atoms with van der Waals surface area (Å²) < 4.78 is 5.79. The fraction of sp³-hybridized carbons (Fsp3) is 0.250. The van der Waals surface area contributed by atoms with Crippen molar-refractivity contribution in [1.82, 2.24) is 19.9 Å². The number of pyridine rings is 1. The summed E-state index contributed by atoms with van der Waals surface area (Å²) in [5, 5.41) is 1.49. The van der Waals surface area contributed by atoms with E-state index in [1.54, 1.807) is 29.2 Å². The number of nitrogens with one attached hydrogen (secondary N) is 1. The number of halogens is 1. The summed E-state index contributed by atoms with van der Waals surface area (Å²) in [6, 6.07) is 16.1. The Labute approximate surface area is 189 Å². The van der Waals surface area contributed by atoms with E-state index < -0.39 is 0 Å². The number of aromatic nitrogens is 3. The monoisotopic (exact) mass is 448 g/mol. The van der Waals surface area contributed by atoms with Crippen molar-refractivity contribution in [3.8, 4) is 0 Å². The van der Waals surface area contributed by atoms with Crippen LogP contribution in [0.4, 0.5) is 0 Å². The lowest BCUT2D eigenvalue weighted by atomic mass is 10.1. The van der Waals surface area contributed by atoms with Crippen molar-refractivity contribution < 1.29 is 9.53 Å². The predicted molar refractivity (Wildman–Crippen MR) is 123 cm³/mol. The third-order valence-corrected chi connectivity index (χ3v) is 5.85. The molecule has 1 N–H and O–H groups in total. The van der Waals surface area contributed by atoms with Gasteiger partial charge in [-0.05, 0) is 37.1 Å². The third-order valence-electron chi connectivity index (χ3n) is 5.65. The van der Waals surface area contributed by atoms with Gasteiger partial charge in [0.1, 0.15) is 11.0 Å². The Hall–Kier alpha value is -3.29. The molecule has 1 aliphatic heterocycles. The average Bonchev–Trinajstić information content (AvgIpc) is 3.31. The first-order valence-corrected chi connectivity index (χ1v) is 10.9. The number of fused-ring (bicyclic) bond motifs is 2. The molecule has 0 bridgehead atoms. The Morgan fingerprint density at radius 2 is 1.81 bits per heavy atom. The lowest BCUT2D eigenvalue weighted by Gasteiger charge is -2.25. The maximum absolute atomic E-state index is 13.7. The molecule has 1 fully saturated rings. The van der Waals surface area contributed by atoms with Gasteiger partial charge in [-0.25, -0.2) is 9.97 Å². The normalized spacial score (nSPS) is 16.0. The van der Waals surface area contributed by atoms with Gasteiger partial charge in [-0.15, -0.1) is 0 Å². The molecule has 7 nitrogen and oxygen atoms in total. The minimum Gasteiger partial charge on any atom is -0.376 e. The number of aromatic amines is 1. The van der Waals surface area contributed by atoms with Crippen LogP contribution in [0.2, 0.25) is 5.15 Å². The predicted octanol–water partition coefficient (Wildman–Crippen LogP) is 3.95. The van der Waals surface area contributed by atoms with Gasteiger partial charge in [-0.3, -0.25) is 9.59 Å². The van der Waals surface area contributed by atoms with E-state index in [0.29, 0.717) is 41.0 Å². The van der Waals surface area contributed by atoms with E-state index in [1.165, 1.54) is 0 Å². The van der Waals surface area contributed by atoms with Crippen molar-refractivity contribution in [2.75, 3.05) is 13.2 Å². The van der Waals surface area contributed by atoms with Crippen LogP contribution in [0.25, 0.3) is 21.8 Å². The van der Waals surface area contributed by atoms with Crippen LogP contribution in [0.1, 0.15) is 29.0 Å². The maximum atomic E-state index is 13.7. The van der Waals surface area contributed by atoms with Crippen molar-refractivity contribution in [3.05, 3.63) is 81.5 Å². The molecule has 162 valence electrons. The first-order valence-electron chi connectivity index (χ1n) is 10.5. The maximum Gasteiger partial charge on any atom is 0.258 e. The molecule has 4 aromatic rings. The summed E-state index contributed by atoms with van der Waals surface area (Å²) in [5.41, 5.74) is 1.47. The third kappa shape index (κ3) is 4.09. The molecule has 1 atom stereocenters. The second-order valence-electron chi connectivity index (χ2n) is 7.86. The van der Waals surface area contributed by atoms with Crippen molar-refractivity contribution in [1.29, 1.82) is 0 Å². The topological polar surface area (TPSA) is 88.2 Å². The standard InChI is InChI=1S/C24H21ClN4O3/c25-21-12-18(16-7-1-3-9-19(16)26-21)24(31)29(13-15-6-5-11-32-15)14-22-27-20-10-4-2-8-17(20)23(30)28-22/h1-4,7-10,12,15H,5-6,11,13-14H2,(H,27,28,30)/t15-/m1/s1. The largest absolute Gasteiger partial charge is 0.376 e. The molecule has 1 saturated heterocycles. The highest BCUT2D eigenvalue weighted by Gasteiger charge is 2.26. The van der Waals surface area contributed by atoms with Crippen LogP contribution in [-0.4, -0.2) is 45.0 Å². The molecule has 8 heteroatoms. The van der Waals surface area contributed by atoms with Gasteiger partial charge in [-0.1, -0.05) is 41.9 Å². The molecule has 0 aliphatic carbocycles. The molecule has 1 aliphatic rings. The van der Waals surface area contributed by atoms with Crippen LogP contribution < -0.4 is 5.56 Å². The smallest absolute Gasteiger partial charge is 0.258 e. The quantitative estimate of drug-likeness (QED) is 0.467. The van der Waals surface area contributed by atoms with Gasteiger partial charge in [-0.2, -0.15) is 0 Å². The summed E-state index contributed by atoms with van der Waals surface area (Å²) in [6.07, 6.45) is 1.78. The van der Waals surface area contributed by atoms with Gasteiger partial charge in [0.2, 0.25) is 0 Å². The zero-order valence-electron chi connectivity index (χ0n) is 17.3. The van der Waals surface area contributed by atoms with Crippen molar-refractivity contribution in [2.45, 2.75) is 25.5 Å². The lowest BCUT2D eigenvalue weighted by Crippen LogP contribution is -2.38. The molecule has 0 unspecified atom stereocenters. The van der Waals surface area contributed by atoms with Crippen LogP contribution in [0.15, 0.2) is 59.4 Å². The number of para-hydroxylation sites is 2. The number of hydrogen-bond donors (Lipinski definition) is 1. The van der Waals surface area contributed by atoms with Crippen molar-refractivity contribution in [2.24, 2.45) is 0 Å². The highest BCUT2D eigenvalue weighted by Crippen LogP contribution is 2.24. The Morgan fingerprint density at radius 3 is 2.56 bits per heavy atom. The summed E-state index contributed by atoms with van der Waals surface area (Å²) in [6.45, 7) is 1.22. The van der Waals surface area contributed by atoms with Crippen LogP contribution in [-0.2, 0) is 11.3 Å². The van der Waals surface area contributed by atoms with E-state index in [0.717, 1.165) is 18.2 Å². The van der Waals surface area contributed by atoms with E-state index in [2.05, 4.69) is 15.0 Å². The number of amides is 1. The second kappa shape index (κ2) is 8.68. The molecule has 0 saturated carbocycles. The molecule has 2 aromatic heterocycles. The number of hydrogen-bond acceptors (Lipinski definition) is 5. The second-order valence-corrected chi connectivity index (χ2v) is 8.25. The van der Waals surface area contributed by atoms with Gasteiger partial charge < -0.3 is 14.6 Å². The van der Waals surface area contributed by atoms with Crippen LogP contribution in [0.5, 0.6) is 0 Å². The molecule has 3 heterocycles. The van der Waals surface area contributed by atoms with Crippen molar-refractivity contribution >= 4 is 39.3 Å². The van der Waals surface area contributed by atoms with Gasteiger partial charge in [0.25, 0.3) is 11.5 Å². The summed E-state index contributed by atoms with van der Waals surface area (Å²) in [7, 11) is 0. The van der Waals surface area contributed by atoms with Crippen molar-refractivity contribution in [3.63, 3.8) is 0 Å². The highest BCUT2D eigenvalue weighted by molar-refractivity contribution is 6.30. The fourth-order valence-electron chi connectivity index (χ4n) is 4.13. The molecule has 0 radical (unpaired) electrons. The Balaban J connectivity index is 1.54. The van der Waals surface area contributed by atoms with Gasteiger partial charge >= 0.3 is 0 Å². The molecular weight excluding hydrogens is 428 g/mol. The van der Waals surface area contributed by atoms with Gasteiger partial charge in [0, 0.05) is 18.5 Å². The number of carbonyl (C=O) groups is 1. The van der Waals surface area contributed by atoms with E-state index in [-0.39, 0.29) is 29.3 Å². The zero-order valence-corrected chi connectivity index (χ0v) is 18.0. The Bertz CT molecular complexity index is 1360. The Morgan fingerprint density at radius 1 is 1.09 bits per heavy atom. The Kier molecular flexibility index (Phi) is 5.59. The molecular formula is C24H21ClN4O3. The number of nitrogens with zero attached hydrogens (tertiary/aromatic N) is 3. The first kappa shape index (κ1) is 20.6. The first-order chi connectivity index (χ1) is 15.6. The van der Waals surface area contributed by atoms with E-state index in [1.807, 2.05) is 30.3 Å². The van der Waals surface area contributed by atoms with Gasteiger partial charge in [0.05, 0.1) is 34.6 Å². The van der Waals surface area contributed by atoms with E-state index >= 15 is 0 Å². The summed E-state index contributed by atoms with van der Waals surface area (Å²) in [4.78, 5) is 39.6. The number of carbonyl (C=O) groups excluding carboxylic acids is 1. The minimum absolute atomic E-state index is 0.0605. The van der Waals surface area contributed by atoms with E-state index in [4.69, 9.17) is 16.3 Å². The molecule has 32 heavy (non-hydrogen) atoms. The molecule has 0 spiro atoms. The molecule has 1 amide bonds. The number of H-pyrrole nitrogens is 1. The zero-order chi connectivity index (χ0) is 22.1. The molecule has 2 aromatic carbocycles. The minimum atomic E-state index is -0.229. The summed E-state index contributed by atoms with van der Waals surface area (Å²) in [5.74, 6) is 0.210. The van der Waals surface area contributed by atoms with Crippen LogP contribution >= 0.6 is 11.6 Å². The lowest BCUT2D eigenvalue weighted by molar-refractivity contribution is 0.0502. The SMILES string of the molecule is O=C(c1cc(Cl)nc2ccccc12)N(Cc1nc2ccccc2c(=O)[nH]1)C[C@H]1CCCO1. The molecule has 5 rings (SSSR count). The van der Waals surface area contributed by atoms with E-state index in [9.17, 15) is 9.59 Å². The fourth-order valence-corrected chi connectivity index (χ4v) is 4.33. The summed E-state index contributed by atoms with van der Waals surface area (Å²) >= 11 is 6.22. The number of rotatable bonds is 5.